The second-order valence-electron chi connectivity index (χ2n) is 15.4. The summed E-state index contributed by atoms with van der Waals surface area (Å²) in [4.78, 5) is 94.4. The minimum atomic E-state index is -1.17. The second kappa shape index (κ2) is 18.0. The van der Waals surface area contributed by atoms with Crippen LogP contribution in [0.4, 0.5) is 4.79 Å². The molecule has 2 saturated heterocycles. The Morgan fingerprint density at radius 1 is 0.962 bits per heavy atom. The zero-order valence-corrected chi connectivity index (χ0v) is 32.6. The zero-order chi connectivity index (χ0) is 38.2. The SMILES string of the molecule is CC(=O)[C@@H](NC(=O)CNC(=O)C(=O)C(CC1CC1)NC(=O)[C@@H]1CC2(CN1C(=O)[C@@H](NC(=O)OCC(C)C)C(C)(C)C)SCCCS2)c1ccccc1. The predicted octanol–water partition coefficient (Wildman–Crippen LogP) is 3.37. The number of carbonyl (C=O) groups is 7. The molecule has 1 aromatic carbocycles. The van der Waals surface area contributed by atoms with E-state index in [-0.39, 0.29) is 37.2 Å². The lowest BCUT2D eigenvalue weighted by atomic mass is 9.85. The molecule has 1 unspecified atom stereocenters. The highest BCUT2D eigenvalue weighted by Crippen LogP contribution is 2.50. The minimum Gasteiger partial charge on any atom is -0.449 e. The Labute approximate surface area is 314 Å². The average molecular weight is 760 g/mol. The van der Waals surface area contributed by atoms with Crippen LogP contribution in [-0.4, -0.2) is 99.6 Å². The number of hydrogen-bond donors (Lipinski definition) is 4. The smallest absolute Gasteiger partial charge is 0.407 e. The number of amides is 5. The largest absolute Gasteiger partial charge is 0.449 e. The average Bonchev–Trinajstić information content (AvgIpc) is 3.85. The van der Waals surface area contributed by atoms with Crippen LogP contribution in [0.15, 0.2) is 30.3 Å². The first-order chi connectivity index (χ1) is 24.5. The Kier molecular flexibility index (Phi) is 14.2. The number of thioether (sulfide) groups is 2. The molecule has 5 amide bonds. The fraction of sp³-hybridized carbons (Fsp3) is 0.649. The Morgan fingerprint density at radius 2 is 1.62 bits per heavy atom. The number of Topliss-reactive ketones (excluding diaryl/α,β-unsaturated/α-hetero) is 2. The molecular weight excluding hydrogens is 707 g/mol. The molecule has 4 atom stereocenters. The highest BCUT2D eigenvalue weighted by atomic mass is 32.2. The molecule has 4 rings (SSSR count). The molecule has 52 heavy (non-hydrogen) atoms. The van der Waals surface area contributed by atoms with Crippen LogP contribution in [0.5, 0.6) is 0 Å². The summed E-state index contributed by atoms with van der Waals surface area (Å²) in [5.74, 6) is -1.86. The van der Waals surface area contributed by atoms with Gasteiger partial charge in [-0.2, -0.15) is 0 Å². The van der Waals surface area contributed by atoms with Gasteiger partial charge in [-0.05, 0) is 54.1 Å². The van der Waals surface area contributed by atoms with Crippen LogP contribution in [0.25, 0.3) is 0 Å². The number of alkyl carbamates (subject to hydrolysis) is 1. The van der Waals surface area contributed by atoms with Gasteiger partial charge in [0, 0.05) is 13.0 Å². The molecule has 13 nitrogen and oxygen atoms in total. The van der Waals surface area contributed by atoms with E-state index in [1.807, 2.05) is 34.6 Å². The Bertz CT molecular complexity index is 1490. The molecular formula is C37H53N5O8S2. The number of nitrogens with one attached hydrogen (secondary N) is 4. The van der Waals surface area contributed by atoms with Gasteiger partial charge in [0.25, 0.3) is 5.91 Å². The number of benzene rings is 1. The maximum Gasteiger partial charge on any atom is 0.407 e. The maximum atomic E-state index is 14.3. The van der Waals surface area contributed by atoms with E-state index in [0.29, 0.717) is 12.0 Å². The van der Waals surface area contributed by atoms with Gasteiger partial charge < -0.3 is 30.9 Å². The first kappa shape index (κ1) is 41.2. The van der Waals surface area contributed by atoms with E-state index in [1.54, 1.807) is 53.9 Å². The molecule has 1 aromatic rings. The van der Waals surface area contributed by atoms with Gasteiger partial charge in [0.15, 0.2) is 5.78 Å². The van der Waals surface area contributed by atoms with Crippen LogP contribution in [0.1, 0.15) is 85.3 Å². The standard InChI is InChI=1S/C37H53N5O8S2/c1-22(2)20-50-35(49)41-31(36(4,5)6)34(48)42-21-37(51-15-10-16-52-37)18-27(42)32(46)39-26(17-24-13-14-24)30(45)33(47)38-19-28(44)40-29(23(3)43)25-11-8-7-9-12-25/h7-9,11-12,22,24,26-27,29,31H,10,13-21H2,1-6H3,(H,38,47)(H,39,46)(H,40,44)(H,41,49)/t26?,27-,29+,31+/m0/s1. The molecule has 0 aromatic heterocycles. The van der Waals surface area contributed by atoms with Crippen LogP contribution in [0.2, 0.25) is 0 Å². The number of ether oxygens (including phenoxy) is 1. The van der Waals surface area contributed by atoms with Gasteiger partial charge in [-0.3, -0.25) is 28.8 Å². The maximum absolute atomic E-state index is 14.3. The van der Waals surface area contributed by atoms with Crippen LogP contribution >= 0.6 is 23.5 Å². The van der Waals surface area contributed by atoms with E-state index in [2.05, 4.69) is 21.3 Å². The lowest BCUT2D eigenvalue weighted by molar-refractivity contribution is -0.144. The van der Waals surface area contributed by atoms with Gasteiger partial charge in [0.1, 0.15) is 18.1 Å². The lowest BCUT2D eigenvalue weighted by Gasteiger charge is -2.36. The normalized spacial score (nSPS) is 20.0. The van der Waals surface area contributed by atoms with Crippen molar-refractivity contribution in [1.82, 2.24) is 26.2 Å². The van der Waals surface area contributed by atoms with Gasteiger partial charge in [0.2, 0.25) is 23.5 Å². The third kappa shape index (κ3) is 11.5. The second-order valence-corrected chi connectivity index (χ2v) is 18.6. The Morgan fingerprint density at radius 3 is 2.19 bits per heavy atom. The minimum absolute atomic E-state index is 0.102. The summed E-state index contributed by atoms with van der Waals surface area (Å²) in [6.45, 7) is 10.6. The zero-order valence-electron chi connectivity index (χ0n) is 31.0. The summed E-state index contributed by atoms with van der Waals surface area (Å²) in [6, 6.07) is 4.64. The van der Waals surface area contributed by atoms with Gasteiger partial charge in [-0.1, -0.05) is 77.8 Å². The highest BCUT2D eigenvalue weighted by Gasteiger charge is 2.53. The third-order valence-corrected chi connectivity index (χ3v) is 12.5. The van der Waals surface area contributed by atoms with Crippen LogP contribution in [-0.2, 0) is 33.5 Å². The van der Waals surface area contributed by atoms with Crippen LogP contribution < -0.4 is 21.3 Å². The number of ketones is 2. The van der Waals surface area contributed by atoms with Crippen molar-refractivity contribution in [2.75, 3.05) is 31.2 Å². The van der Waals surface area contributed by atoms with E-state index >= 15 is 0 Å². The molecule has 1 spiro atoms. The van der Waals surface area contributed by atoms with Crippen molar-refractivity contribution in [3.8, 4) is 0 Å². The summed E-state index contributed by atoms with van der Waals surface area (Å²) in [7, 11) is 0. The van der Waals surface area contributed by atoms with Gasteiger partial charge in [-0.25, -0.2) is 4.79 Å². The fourth-order valence-electron chi connectivity index (χ4n) is 6.22. The number of rotatable bonds is 15. The first-order valence-electron chi connectivity index (χ1n) is 18.0. The number of likely N-dealkylation sites (tertiary alicyclic amines) is 1. The highest BCUT2D eigenvalue weighted by molar-refractivity contribution is 8.18. The summed E-state index contributed by atoms with van der Waals surface area (Å²) < 4.78 is 4.89. The van der Waals surface area contributed by atoms with Crippen molar-refractivity contribution in [1.29, 1.82) is 0 Å². The molecule has 4 N–H and O–H groups in total. The molecule has 0 bridgehead atoms. The summed E-state index contributed by atoms with van der Waals surface area (Å²) in [5.41, 5.74) is -0.141. The summed E-state index contributed by atoms with van der Waals surface area (Å²) >= 11 is 3.42. The molecule has 15 heteroatoms. The molecule has 2 heterocycles. The number of nitrogens with zero attached hydrogens (tertiary/aromatic N) is 1. The molecule has 2 aliphatic heterocycles. The van der Waals surface area contributed by atoms with Crippen molar-refractivity contribution in [2.24, 2.45) is 17.3 Å². The Balaban J connectivity index is 1.47. The van der Waals surface area contributed by atoms with Gasteiger partial charge in [0.05, 0.1) is 23.3 Å². The first-order valence-corrected chi connectivity index (χ1v) is 20.0. The number of hydrogen-bond acceptors (Lipinski definition) is 10. The monoisotopic (exact) mass is 759 g/mol. The third-order valence-electron chi connectivity index (χ3n) is 9.20. The van der Waals surface area contributed by atoms with E-state index in [1.165, 1.54) is 11.8 Å². The van der Waals surface area contributed by atoms with Crippen molar-refractivity contribution in [3.63, 3.8) is 0 Å². The Hall–Kier alpha value is -3.59. The molecule has 0 radical (unpaired) electrons. The molecule has 3 aliphatic rings. The number of carbonyl (C=O) groups excluding carboxylic acids is 7. The summed E-state index contributed by atoms with van der Waals surface area (Å²) in [5, 5.41) is 10.5. The van der Waals surface area contributed by atoms with E-state index in [0.717, 1.165) is 30.8 Å². The molecule has 1 saturated carbocycles. The molecule has 1 aliphatic carbocycles. The quantitative estimate of drug-likeness (QED) is 0.194. The van der Waals surface area contributed by atoms with Gasteiger partial charge >= 0.3 is 6.09 Å². The van der Waals surface area contributed by atoms with Crippen molar-refractivity contribution >= 4 is 64.8 Å². The topological polar surface area (TPSA) is 180 Å². The lowest BCUT2D eigenvalue weighted by Crippen LogP contribution is -2.59. The fourth-order valence-corrected chi connectivity index (χ4v) is 9.57. The van der Waals surface area contributed by atoms with Crippen molar-refractivity contribution < 1.29 is 38.3 Å². The van der Waals surface area contributed by atoms with Gasteiger partial charge in [-0.15, -0.1) is 23.5 Å². The van der Waals surface area contributed by atoms with Crippen LogP contribution in [0.3, 0.4) is 0 Å². The van der Waals surface area contributed by atoms with E-state index in [4.69, 9.17) is 4.74 Å². The van der Waals surface area contributed by atoms with E-state index < -0.39 is 75.7 Å². The summed E-state index contributed by atoms with van der Waals surface area (Å²) in [6.07, 6.45) is 2.57. The van der Waals surface area contributed by atoms with Crippen molar-refractivity contribution in [2.45, 2.75) is 102 Å². The molecule has 286 valence electrons. The van der Waals surface area contributed by atoms with E-state index in [9.17, 15) is 33.6 Å². The molecule has 3 fully saturated rings. The predicted molar refractivity (Wildman–Crippen MR) is 200 cm³/mol. The van der Waals surface area contributed by atoms with Crippen molar-refractivity contribution in [3.05, 3.63) is 35.9 Å². The van der Waals surface area contributed by atoms with Crippen LogP contribution in [0, 0.1) is 17.3 Å².